The first-order valence-electron chi connectivity index (χ1n) is 10.2. The van der Waals surface area contributed by atoms with E-state index in [4.69, 9.17) is 10.5 Å². The molecule has 4 aromatic rings. The Morgan fingerprint density at radius 2 is 1.91 bits per heavy atom. The van der Waals surface area contributed by atoms with Crippen LogP contribution in [0.3, 0.4) is 0 Å². The first-order valence-corrected chi connectivity index (χ1v) is 10.2. The fourth-order valence-electron chi connectivity index (χ4n) is 3.51. The third-order valence-electron chi connectivity index (χ3n) is 5.24. The van der Waals surface area contributed by atoms with E-state index < -0.39 is 29.4 Å². The molecule has 4 rings (SSSR count). The van der Waals surface area contributed by atoms with E-state index >= 15 is 0 Å². The van der Waals surface area contributed by atoms with E-state index in [2.05, 4.69) is 15.4 Å². The van der Waals surface area contributed by atoms with E-state index in [-0.39, 0.29) is 41.2 Å². The summed E-state index contributed by atoms with van der Waals surface area (Å²) in [6.07, 6.45) is -3.29. The predicted molar refractivity (Wildman–Crippen MR) is 116 cm³/mol. The van der Waals surface area contributed by atoms with Crippen molar-refractivity contribution in [1.82, 2.24) is 20.1 Å². The molecule has 2 aromatic heterocycles. The Morgan fingerprint density at radius 1 is 1.14 bits per heavy atom. The number of nitrogens with one attached hydrogen (secondary N) is 1. The van der Waals surface area contributed by atoms with Gasteiger partial charge in [0.15, 0.2) is 0 Å². The summed E-state index contributed by atoms with van der Waals surface area (Å²) in [5, 5.41) is 7.12. The molecule has 0 aliphatic heterocycles. The molecule has 0 unspecified atom stereocenters. The number of rotatable bonds is 6. The van der Waals surface area contributed by atoms with Gasteiger partial charge in [0.2, 0.25) is 0 Å². The maximum atomic E-state index is 13.9. The van der Waals surface area contributed by atoms with E-state index in [1.54, 1.807) is 6.07 Å². The lowest BCUT2D eigenvalue weighted by Crippen LogP contribution is -2.24. The number of aromatic nitrogens is 3. The van der Waals surface area contributed by atoms with Gasteiger partial charge in [-0.2, -0.15) is 18.3 Å². The average Bonchev–Trinajstić information content (AvgIpc) is 3.26. The van der Waals surface area contributed by atoms with Gasteiger partial charge in [0.1, 0.15) is 28.6 Å². The van der Waals surface area contributed by atoms with E-state index in [1.165, 1.54) is 36.2 Å². The number of carbonyl (C=O) groups is 1. The summed E-state index contributed by atoms with van der Waals surface area (Å²) in [5.41, 5.74) is 5.31. The van der Waals surface area contributed by atoms with Gasteiger partial charge in [-0.1, -0.05) is 6.07 Å². The number of amides is 1. The molecule has 0 aliphatic rings. The second-order valence-electron chi connectivity index (χ2n) is 7.43. The minimum atomic E-state index is -4.65. The third kappa shape index (κ3) is 4.78. The van der Waals surface area contributed by atoms with E-state index in [9.17, 15) is 26.7 Å². The van der Waals surface area contributed by atoms with Crippen LogP contribution in [-0.4, -0.2) is 27.8 Å². The molecule has 182 valence electrons. The minimum absolute atomic E-state index is 0.0394. The maximum absolute atomic E-state index is 13.9. The highest BCUT2D eigenvalue weighted by Gasteiger charge is 2.33. The SMILES string of the molecule is COc1ccc(-n2cc(C(=O)NCc3ccc(F)cc3F)c(CN)n2)c2ccc(C(F)(F)F)nc12. The highest BCUT2D eigenvalue weighted by Crippen LogP contribution is 2.34. The molecular weight excluding hydrogens is 473 g/mol. The van der Waals surface area contributed by atoms with Crippen LogP contribution in [0.25, 0.3) is 16.6 Å². The number of ether oxygens (including phenoxy) is 1. The fraction of sp³-hybridized carbons (Fsp3) is 0.174. The summed E-state index contributed by atoms with van der Waals surface area (Å²) < 4.78 is 73.0. The third-order valence-corrected chi connectivity index (χ3v) is 5.24. The molecule has 3 N–H and O–H groups in total. The first kappa shape index (κ1) is 24.1. The van der Waals surface area contributed by atoms with Gasteiger partial charge in [-0.15, -0.1) is 0 Å². The van der Waals surface area contributed by atoms with Gasteiger partial charge < -0.3 is 15.8 Å². The molecule has 1 amide bonds. The van der Waals surface area contributed by atoms with Crippen LogP contribution in [0.4, 0.5) is 22.0 Å². The number of hydrogen-bond acceptors (Lipinski definition) is 5. The van der Waals surface area contributed by atoms with E-state index in [0.717, 1.165) is 12.1 Å². The largest absolute Gasteiger partial charge is 0.494 e. The molecule has 0 fully saturated rings. The van der Waals surface area contributed by atoms with Crippen molar-refractivity contribution in [2.24, 2.45) is 5.73 Å². The monoisotopic (exact) mass is 491 g/mol. The van der Waals surface area contributed by atoms with Crippen molar-refractivity contribution >= 4 is 16.8 Å². The number of nitrogens with two attached hydrogens (primary N) is 1. The van der Waals surface area contributed by atoms with Gasteiger partial charge >= 0.3 is 6.18 Å². The molecule has 35 heavy (non-hydrogen) atoms. The Kier molecular flexibility index (Phi) is 6.39. The van der Waals surface area contributed by atoms with Crippen LogP contribution < -0.4 is 15.8 Å². The smallest absolute Gasteiger partial charge is 0.433 e. The van der Waals surface area contributed by atoms with Crippen LogP contribution in [0.15, 0.2) is 48.7 Å². The zero-order valence-electron chi connectivity index (χ0n) is 18.2. The van der Waals surface area contributed by atoms with Gasteiger partial charge in [-0.3, -0.25) is 4.79 Å². The number of methoxy groups -OCH3 is 1. The standard InChI is InChI=1S/C23H18F5N5O2/c1-35-19-6-5-18(14-4-7-20(23(26,27)28)31-21(14)19)33-11-15(17(9-29)32-33)22(34)30-10-12-2-3-13(24)8-16(12)25/h2-8,11H,9-10,29H2,1H3,(H,30,34). The molecule has 0 spiro atoms. The van der Waals surface area contributed by atoms with Gasteiger partial charge in [0.05, 0.1) is 24.1 Å². The lowest BCUT2D eigenvalue weighted by atomic mass is 10.1. The Morgan fingerprint density at radius 3 is 2.57 bits per heavy atom. The van der Waals surface area contributed by atoms with Gasteiger partial charge in [0, 0.05) is 36.3 Å². The topological polar surface area (TPSA) is 95.1 Å². The summed E-state index contributed by atoms with van der Waals surface area (Å²) >= 11 is 0. The zero-order chi connectivity index (χ0) is 25.3. The quantitative estimate of drug-likeness (QED) is 0.396. The van der Waals surface area contributed by atoms with Crippen molar-refractivity contribution in [2.75, 3.05) is 7.11 Å². The van der Waals surface area contributed by atoms with Crippen LogP contribution in [-0.2, 0) is 19.3 Å². The summed E-state index contributed by atoms with van der Waals surface area (Å²) in [7, 11) is 1.31. The number of hydrogen-bond donors (Lipinski definition) is 2. The molecule has 0 saturated heterocycles. The Labute approximate surface area is 195 Å². The van der Waals surface area contributed by atoms with Crippen LogP contribution in [0.2, 0.25) is 0 Å². The van der Waals surface area contributed by atoms with Crippen molar-refractivity contribution in [3.63, 3.8) is 0 Å². The molecule has 0 saturated carbocycles. The molecule has 2 aromatic carbocycles. The molecule has 2 heterocycles. The normalized spacial score (nSPS) is 11.6. The first-order chi connectivity index (χ1) is 16.6. The lowest BCUT2D eigenvalue weighted by Gasteiger charge is -2.12. The predicted octanol–water partition coefficient (Wildman–Crippen LogP) is 4.11. The van der Waals surface area contributed by atoms with Crippen LogP contribution >= 0.6 is 0 Å². The second kappa shape index (κ2) is 9.29. The van der Waals surface area contributed by atoms with Crippen molar-refractivity contribution in [2.45, 2.75) is 19.3 Å². The number of fused-ring (bicyclic) bond motifs is 1. The van der Waals surface area contributed by atoms with E-state index in [1.807, 2.05) is 0 Å². The summed E-state index contributed by atoms with van der Waals surface area (Å²) in [6, 6.07) is 8.06. The van der Waals surface area contributed by atoms with Gasteiger partial charge in [-0.25, -0.2) is 18.4 Å². The number of alkyl halides is 3. The molecule has 0 radical (unpaired) electrons. The minimum Gasteiger partial charge on any atom is -0.494 e. The summed E-state index contributed by atoms with van der Waals surface area (Å²) in [5.74, 6) is -2.04. The van der Waals surface area contributed by atoms with Crippen molar-refractivity contribution in [1.29, 1.82) is 0 Å². The molecule has 0 bridgehead atoms. The van der Waals surface area contributed by atoms with Crippen molar-refractivity contribution in [3.05, 3.63) is 82.8 Å². The maximum Gasteiger partial charge on any atom is 0.433 e. The van der Waals surface area contributed by atoms with Crippen LogP contribution in [0.1, 0.15) is 27.3 Å². The lowest BCUT2D eigenvalue weighted by molar-refractivity contribution is -0.140. The number of nitrogens with zero attached hydrogens (tertiary/aromatic N) is 3. The average molecular weight is 491 g/mol. The van der Waals surface area contributed by atoms with Gasteiger partial charge in [0.25, 0.3) is 5.91 Å². The Hall–Kier alpha value is -4.06. The Bertz CT molecular complexity index is 1420. The second-order valence-corrected chi connectivity index (χ2v) is 7.43. The van der Waals surface area contributed by atoms with E-state index in [0.29, 0.717) is 17.1 Å². The molecular formula is C23H18F5N5O2. The molecule has 12 heteroatoms. The molecule has 0 atom stereocenters. The molecule has 7 nitrogen and oxygen atoms in total. The molecule has 0 aliphatic carbocycles. The Balaban J connectivity index is 1.70. The summed E-state index contributed by atoms with van der Waals surface area (Å²) in [4.78, 5) is 16.5. The number of halogens is 5. The van der Waals surface area contributed by atoms with Gasteiger partial charge in [-0.05, 0) is 30.3 Å². The van der Waals surface area contributed by atoms with Crippen LogP contribution in [0.5, 0.6) is 5.75 Å². The highest BCUT2D eigenvalue weighted by atomic mass is 19.4. The summed E-state index contributed by atoms with van der Waals surface area (Å²) in [6.45, 7) is -0.332. The highest BCUT2D eigenvalue weighted by molar-refractivity contribution is 5.96. The van der Waals surface area contributed by atoms with Crippen molar-refractivity contribution in [3.8, 4) is 11.4 Å². The number of pyridine rings is 1. The fourth-order valence-corrected chi connectivity index (χ4v) is 3.51. The number of carbonyl (C=O) groups excluding carboxylic acids is 1. The van der Waals surface area contributed by atoms with Crippen LogP contribution in [0, 0.1) is 11.6 Å². The number of benzene rings is 2. The van der Waals surface area contributed by atoms with Crippen molar-refractivity contribution < 1.29 is 31.5 Å². The zero-order valence-corrected chi connectivity index (χ0v) is 18.2.